The van der Waals surface area contributed by atoms with Crippen molar-refractivity contribution < 1.29 is 14.6 Å². The molecule has 1 heterocycles. The first kappa shape index (κ1) is 16.5. The number of aromatic nitrogens is 1. The molecule has 1 aliphatic carbocycles. The fourth-order valence-electron chi connectivity index (χ4n) is 3.57. The van der Waals surface area contributed by atoms with Crippen LogP contribution in [0.4, 0.5) is 4.79 Å². The smallest absolute Gasteiger partial charge is 0.449 e. The lowest BCUT2D eigenvalue weighted by molar-refractivity contribution is 0.142. The molecule has 0 spiro atoms. The molecule has 1 unspecified atom stereocenters. The predicted molar refractivity (Wildman–Crippen MR) is 92.7 cm³/mol. The summed E-state index contributed by atoms with van der Waals surface area (Å²) in [5.74, 6) is 0.870. The van der Waals surface area contributed by atoms with E-state index in [4.69, 9.17) is 9.84 Å². The SMILES string of the molecule is CC(c1ccc(C2CCCCC2)cc1)c1cccnc1OC(=O)O. The zero-order chi connectivity index (χ0) is 16.9. The number of benzene rings is 1. The van der Waals surface area contributed by atoms with Crippen LogP contribution in [0, 0.1) is 0 Å². The summed E-state index contributed by atoms with van der Waals surface area (Å²) < 4.78 is 4.81. The molecule has 1 fully saturated rings. The van der Waals surface area contributed by atoms with E-state index < -0.39 is 6.16 Å². The number of hydrogen-bond donors (Lipinski definition) is 1. The van der Waals surface area contributed by atoms with Crippen LogP contribution in [0.25, 0.3) is 0 Å². The molecule has 0 radical (unpaired) electrons. The van der Waals surface area contributed by atoms with Crippen molar-refractivity contribution in [1.82, 2.24) is 4.98 Å². The molecule has 0 aliphatic heterocycles. The van der Waals surface area contributed by atoms with Crippen LogP contribution in [0.2, 0.25) is 0 Å². The summed E-state index contributed by atoms with van der Waals surface area (Å²) in [6.07, 6.45) is 6.79. The minimum absolute atomic E-state index is 0.0217. The maximum Gasteiger partial charge on any atom is 0.512 e. The summed E-state index contributed by atoms with van der Waals surface area (Å²) >= 11 is 0. The molecule has 1 N–H and O–H groups in total. The maximum atomic E-state index is 10.8. The number of rotatable bonds is 4. The number of carbonyl (C=O) groups is 1. The van der Waals surface area contributed by atoms with Gasteiger partial charge in [-0.25, -0.2) is 9.78 Å². The van der Waals surface area contributed by atoms with Crippen molar-refractivity contribution in [3.05, 3.63) is 59.3 Å². The predicted octanol–water partition coefficient (Wildman–Crippen LogP) is 5.34. The summed E-state index contributed by atoms with van der Waals surface area (Å²) in [5.41, 5.74) is 3.34. The van der Waals surface area contributed by atoms with Gasteiger partial charge in [0.05, 0.1) is 0 Å². The lowest BCUT2D eigenvalue weighted by atomic mass is 9.83. The van der Waals surface area contributed by atoms with E-state index in [2.05, 4.69) is 29.2 Å². The molecule has 4 nitrogen and oxygen atoms in total. The van der Waals surface area contributed by atoms with E-state index in [0.29, 0.717) is 5.92 Å². The largest absolute Gasteiger partial charge is 0.512 e. The Morgan fingerprint density at radius 3 is 2.54 bits per heavy atom. The molecular weight excluding hydrogens is 302 g/mol. The van der Waals surface area contributed by atoms with Crippen LogP contribution in [0.15, 0.2) is 42.6 Å². The van der Waals surface area contributed by atoms with Gasteiger partial charge >= 0.3 is 6.16 Å². The van der Waals surface area contributed by atoms with Gasteiger partial charge in [0.25, 0.3) is 0 Å². The summed E-state index contributed by atoms with van der Waals surface area (Å²) in [4.78, 5) is 14.9. The molecule has 2 aromatic rings. The summed E-state index contributed by atoms with van der Waals surface area (Å²) in [7, 11) is 0. The van der Waals surface area contributed by atoms with Crippen molar-refractivity contribution in [3.8, 4) is 5.88 Å². The minimum Gasteiger partial charge on any atom is -0.449 e. The molecule has 3 rings (SSSR count). The molecule has 126 valence electrons. The number of carboxylic acid groups (broad SMARTS) is 1. The Hall–Kier alpha value is -2.36. The molecule has 1 aromatic heterocycles. The molecule has 0 saturated heterocycles. The molecule has 1 saturated carbocycles. The van der Waals surface area contributed by atoms with Crippen LogP contribution in [0.1, 0.15) is 67.6 Å². The van der Waals surface area contributed by atoms with Crippen LogP contribution in [-0.4, -0.2) is 16.2 Å². The van der Waals surface area contributed by atoms with Gasteiger partial charge < -0.3 is 9.84 Å². The van der Waals surface area contributed by atoms with E-state index in [9.17, 15) is 4.79 Å². The fourth-order valence-corrected chi connectivity index (χ4v) is 3.57. The quantitative estimate of drug-likeness (QED) is 0.771. The van der Waals surface area contributed by atoms with Gasteiger partial charge in [-0.05, 0) is 36.0 Å². The number of pyridine rings is 1. The minimum atomic E-state index is -1.34. The van der Waals surface area contributed by atoms with Gasteiger partial charge in [0.15, 0.2) is 0 Å². The highest BCUT2D eigenvalue weighted by molar-refractivity contribution is 5.61. The van der Waals surface area contributed by atoms with Crippen LogP contribution >= 0.6 is 0 Å². The summed E-state index contributed by atoms with van der Waals surface area (Å²) in [5, 5.41) is 8.86. The lowest BCUT2D eigenvalue weighted by Crippen LogP contribution is -2.09. The molecule has 1 aromatic carbocycles. The van der Waals surface area contributed by atoms with Crippen LogP contribution < -0.4 is 4.74 Å². The molecular formula is C20H23NO3. The van der Waals surface area contributed by atoms with Gasteiger partial charge in [0.1, 0.15) is 0 Å². The average molecular weight is 325 g/mol. The van der Waals surface area contributed by atoms with Gasteiger partial charge in [-0.15, -0.1) is 0 Å². The Kier molecular flexibility index (Phi) is 5.14. The van der Waals surface area contributed by atoms with Gasteiger partial charge in [0, 0.05) is 17.7 Å². The van der Waals surface area contributed by atoms with Gasteiger partial charge in [0.2, 0.25) is 5.88 Å². The van der Waals surface area contributed by atoms with Crippen molar-refractivity contribution in [2.75, 3.05) is 0 Å². The van der Waals surface area contributed by atoms with Crippen LogP contribution in [0.5, 0.6) is 5.88 Å². The molecule has 0 bridgehead atoms. The van der Waals surface area contributed by atoms with E-state index in [1.54, 1.807) is 12.3 Å². The third-order valence-corrected chi connectivity index (χ3v) is 4.96. The third kappa shape index (κ3) is 3.75. The maximum absolute atomic E-state index is 10.8. The zero-order valence-corrected chi connectivity index (χ0v) is 13.9. The second kappa shape index (κ2) is 7.47. The second-order valence-electron chi connectivity index (χ2n) is 6.49. The van der Waals surface area contributed by atoms with Crippen LogP contribution in [0.3, 0.4) is 0 Å². The topological polar surface area (TPSA) is 59.4 Å². The molecule has 1 aliphatic rings. The zero-order valence-electron chi connectivity index (χ0n) is 13.9. The van der Waals surface area contributed by atoms with E-state index >= 15 is 0 Å². The number of nitrogens with zero attached hydrogens (tertiary/aromatic N) is 1. The van der Waals surface area contributed by atoms with Crippen molar-refractivity contribution in [2.24, 2.45) is 0 Å². The highest BCUT2D eigenvalue weighted by atomic mass is 16.7. The fraction of sp³-hybridized carbons (Fsp3) is 0.400. The Morgan fingerprint density at radius 2 is 1.88 bits per heavy atom. The molecule has 1 atom stereocenters. The van der Waals surface area contributed by atoms with E-state index in [-0.39, 0.29) is 11.8 Å². The van der Waals surface area contributed by atoms with E-state index in [1.165, 1.54) is 37.7 Å². The Bertz CT molecular complexity index is 690. The molecule has 4 heteroatoms. The van der Waals surface area contributed by atoms with E-state index in [1.807, 2.05) is 13.0 Å². The summed E-state index contributed by atoms with van der Waals surface area (Å²) in [6, 6.07) is 12.4. The highest BCUT2D eigenvalue weighted by Crippen LogP contribution is 2.35. The first-order valence-corrected chi connectivity index (χ1v) is 8.60. The Balaban J connectivity index is 1.80. The van der Waals surface area contributed by atoms with Crippen molar-refractivity contribution in [2.45, 2.75) is 50.9 Å². The van der Waals surface area contributed by atoms with Crippen molar-refractivity contribution in [1.29, 1.82) is 0 Å². The number of hydrogen-bond acceptors (Lipinski definition) is 3. The average Bonchev–Trinajstić information content (AvgIpc) is 2.62. The Morgan fingerprint density at radius 1 is 1.17 bits per heavy atom. The van der Waals surface area contributed by atoms with Gasteiger partial charge in [-0.1, -0.05) is 56.5 Å². The first-order valence-electron chi connectivity index (χ1n) is 8.60. The summed E-state index contributed by atoms with van der Waals surface area (Å²) in [6.45, 7) is 2.04. The van der Waals surface area contributed by atoms with Gasteiger partial charge in [-0.3, -0.25) is 0 Å². The second-order valence-corrected chi connectivity index (χ2v) is 6.49. The van der Waals surface area contributed by atoms with Crippen LogP contribution in [-0.2, 0) is 0 Å². The lowest BCUT2D eigenvalue weighted by Gasteiger charge is -2.22. The van der Waals surface area contributed by atoms with Gasteiger partial charge in [-0.2, -0.15) is 0 Å². The van der Waals surface area contributed by atoms with E-state index in [0.717, 1.165) is 11.1 Å². The third-order valence-electron chi connectivity index (χ3n) is 4.96. The standard InChI is InChI=1S/C20H23NO3/c1-14(18-8-5-13-21-19(18)24-20(22)23)15-9-11-17(12-10-15)16-6-3-2-4-7-16/h5,8-14,16H,2-4,6-7H2,1H3,(H,22,23). The van der Waals surface area contributed by atoms with Crippen molar-refractivity contribution in [3.63, 3.8) is 0 Å². The van der Waals surface area contributed by atoms with Crippen molar-refractivity contribution >= 4 is 6.16 Å². The highest BCUT2D eigenvalue weighted by Gasteiger charge is 2.18. The Labute approximate surface area is 142 Å². The first-order chi connectivity index (χ1) is 11.6. The molecule has 0 amide bonds. The monoisotopic (exact) mass is 325 g/mol. The molecule has 24 heavy (non-hydrogen) atoms. The number of ether oxygens (including phenoxy) is 1. The normalized spacial score (nSPS) is 16.5.